The van der Waals surface area contributed by atoms with Gasteiger partial charge in [-0.1, -0.05) is 12.1 Å². The van der Waals surface area contributed by atoms with Crippen LogP contribution in [0.3, 0.4) is 0 Å². The zero-order valence-electron chi connectivity index (χ0n) is 18.4. The Morgan fingerprint density at radius 1 is 1.26 bits per heavy atom. The van der Waals surface area contributed by atoms with Gasteiger partial charge in [0.05, 0.1) is 12.4 Å². The van der Waals surface area contributed by atoms with Gasteiger partial charge >= 0.3 is 0 Å². The Bertz CT molecular complexity index is 777. The molecule has 0 saturated carbocycles. The SMILES string of the molecule is CNC(=O)CCCC1CCN(C(=O)CNSc2cccc(C3CCC(N)=NC3)c2)CC1. The van der Waals surface area contributed by atoms with E-state index >= 15 is 0 Å². The number of nitrogens with zero attached hydrogens (tertiary/aromatic N) is 2. The first-order chi connectivity index (χ1) is 15.0. The summed E-state index contributed by atoms with van der Waals surface area (Å²) in [5.41, 5.74) is 7.08. The highest BCUT2D eigenvalue weighted by atomic mass is 32.2. The number of nitrogens with two attached hydrogens (primary N) is 1. The van der Waals surface area contributed by atoms with Gasteiger partial charge in [-0.15, -0.1) is 0 Å². The van der Waals surface area contributed by atoms with Crippen LogP contribution in [0, 0.1) is 5.92 Å². The van der Waals surface area contributed by atoms with E-state index in [0.29, 0.717) is 24.8 Å². The molecule has 2 amide bonds. The predicted octanol–water partition coefficient (Wildman–Crippen LogP) is 2.67. The summed E-state index contributed by atoms with van der Waals surface area (Å²) in [6, 6.07) is 8.47. The standard InChI is InChI=1S/C23H35N5O2S/c1-25-22(29)7-2-4-17-10-12-28(13-11-17)23(30)16-27-31-20-6-3-5-18(14-20)19-8-9-21(24)26-15-19/h3,5-6,14,17,19,27H,2,4,7-13,15-16H2,1H3,(H2,24,26)(H,25,29). The molecule has 0 aliphatic carbocycles. The molecule has 170 valence electrons. The Morgan fingerprint density at radius 2 is 2.06 bits per heavy atom. The van der Waals surface area contributed by atoms with Crippen LogP contribution < -0.4 is 15.8 Å². The Labute approximate surface area is 189 Å². The number of aliphatic imine (C=N–C) groups is 1. The van der Waals surface area contributed by atoms with E-state index in [-0.39, 0.29) is 11.8 Å². The second kappa shape index (κ2) is 12.1. The van der Waals surface area contributed by atoms with E-state index in [9.17, 15) is 9.59 Å². The fraction of sp³-hybridized carbons (Fsp3) is 0.609. The Morgan fingerprint density at radius 3 is 2.77 bits per heavy atom. The van der Waals surface area contributed by atoms with Crippen molar-refractivity contribution in [3.63, 3.8) is 0 Å². The quantitative estimate of drug-likeness (QED) is 0.508. The van der Waals surface area contributed by atoms with Gasteiger partial charge in [-0.3, -0.25) is 19.3 Å². The topological polar surface area (TPSA) is 99.8 Å². The van der Waals surface area contributed by atoms with Gasteiger partial charge in [0.2, 0.25) is 11.8 Å². The average molecular weight is 446 g/mol. The number of carbonyl (C=O) groups excluding carboxylic acids is 2. The van der Waals surface area contributed by atoms with Crippen molar-refractivity contribution < 1.29 is 9.59 Å². The highest BCUT2D eigenvalue weighted by Crippen LogP contribution is 2.28. The average Bonchev–Trinajstić information content (AvgIpc) is 2.80. The maximum absolute atomic E-state index is 12.6. The molecule has 0 bridgehead atoms. The minimum atomic E-state index is 0.110. The smallest absolute Gasteiger partial charge is 0.237 e. The monoisotopic (exact) mass is 445 g/mol. The van der Waals surface area contributed by atoms with E-state index < -0.39 is 0 Å². The number of benzene rings is 1. The summed E-state index contributed by atoms with van der Waals surface area (Å²) in [6.07, 6.45) is 6.55. The van der Waals surface area contributed by atoms with E-state index in [0.717, 1.165) is 68.9 Å². The number of hydrogen-bond donors (Lipinski definition) is 3. The molecule has 1 aromatic rings. The van der Waals surface area contributed by atoms with E-state index in [1.54, 1.807) is 7.05 Å². The van der Waals surface area contributed by atoms with Crippen LogP contribution in [-0.4, -0.2) is 55.8 Å². The number of rotatable bonds is 9. The summed E-state index contributed by atoms with van der Waals surface area (Å²) >= 11 is 1.51. The van der Waals surface area contributed by atoms with E-state index in [4.69, 9.17) is 5.73 Å². The van der Waals surface area contributed by atoms with Crippen molar-refractivity contribution in [2.45, 2.75) is 55.8 Å². The van der Waals surface area contributed by atoms with Crippen molar-refractivity contribution in [3.8, 4) is 0 Å². The fourth-order valence-corrected chi connectivity index (χ4v) is 4.97. The lowest BCUT2D eigenvalue weighted by molar-refractivity contribution is -0.131. The van der Waals surface area contributed by atoms with Gasteiger partial charge in [0.1, 0.15) is 0 Å². The summed E-state index contributed by atoms with van der Waals surface area (Å²) in [6.45, 7) is 2.72. The molecule has 3 rings (SSSR count). The third-order valence-electron chi connectivity index (χ3n) is 6.27. The number of nitrogens with one attached hydrogen (secondary N) is 2. The summed E-state index contributed by atoms with van der Waals surface area (Å²) in [4.78, 5) is 31.3. The van der Waals surface area contributed by atoms with Crippen LogP contribution in [0.25, 0.3) is 0 Å². The van der Waals surface area contributed by atoms with Gasteiger partial charge in [0.25, 0.3) is 0 Å². The Balaban J connectivity index is 1.35. The number of hydrogen-bond acceptors (Lipinski definition) is 6. The summed E-state index contributed by atoms with van der Waals surface area (Å²) in [5, 5.41) is 2.67. The lowest BCUT2D eigenvalue weighted by Crippen LogP contribution is -2.42. The van der Waals surface area contributed by atoms with Crippen LogP contribution in [0.1, 0.15) is 56.4 Å². The molecule has 1 atom stereocenters. The highest BCUT2D eigenvalue weighted by molar-refractivity contribution is 7.97. The van der Waals surface area contributed by atoms with E-state index in [1.807, 2.05) is 4.90 Å². The van der Waals surface area contributed by atoms with Crippen molar-refractivity contribution in [1.82, 2.24) is 14.9 Å². The molecule has 0 aromatic heterocycles. The lowest BCUT2D eigenvalue weighted by Gasteiger charge is -2.32. The molecule has 2 aliphatic heterocycles. The zero-order valence-corrected chi connectivity index (χ0v) is 19.3. The van der Waals surface area contributed by atoms with Gasteiger partial charge in [0, 0.05) is 50.3 Å². The summed E-state index contributed by atoms with van der Waals surface area (Å²) in [7, 11) is 1.68. The summed E-state index contributed by atoms with van der Waals surface area (Å²) < 4.78 is 3.23. The number of carbonyl (C=O) groups is 2. The first-order valence-corrected chi connectivity index (χ1v) is 12.1. The third kappa shape index (κ3) is 7.54. The molecule has 0 radical (unpaired) electrons. The van der Waals surface area contributed by atoms with Crippen molar-refractivity contribution in [2.24, 2.45) is 16.6 Å². The van der Waals surface area contributed by atoms with Gasteiger partial charge in [0.15, 0.2) is 0 Å². The van der Waals surface area contributed by atoms with Crippen LogP contribution >= 0.6 is 11.9 Å². The fourth-order valence-electron chi connectivity index (χ4n) is 4.26. The molecular weight excluding hydrogens is 410 g/mol. The zero-order chi connectivity index (χ0) is 22.1. The van der Waals surface area contributed by atoms with E-state index in [2.05, 4.69) is 39.3 Å². The molecule has 0 spiro atoms. The first kappa shape index (κ1) is 23.6. The molecule has 31 heavy (non-hydrogen) atoms. The van der Waals surface area contributed by atoms with Crippen molar-refractivity contribution in [3.05, 3.63) is 29.8 Å². The summed E-state index contributed by atoms with van der Waals surface area (Å²) in [5.74, 6) is 2.07. The first-order valence-electron chi connectivity index (χ1n) is 11.3. The number of amides is 2. The molecule has 1 saturated heterocycles. The number of piperidine rings is 1. The van der Waals surface area contributed by atoms with Crippen molar-refractivity contribution in [1.29, 1.82) is 0 Å². The molecule has 2 heterocycles. The maximum Gasteiger partial charge on any atom is 0.237 e. The van der Waals surface area contributed by atoms with Gasteiger partial charge in [-0.05, 0) is 67.7 Å². The molecule has 8 heteroatoms. The van der Waals surface area contributed by atoms with Crippen LogP contribution in [0.4, 0.5) is 0 Å². The Kier molecular flexibility index (Phi) is 9.21. The van der Waals surface area contributed by atoms with Crippen molar-refractivity contribution in [2.75, 3.05) is 33.2 Å². The van der Waals surface area contributed by atoms with E-state index in [1.165, 1.54) is 17.5 Å². The second-order valence-electron chi connectivity index (χ2n) is 8.45. The van der Waals surface area contributed by atoms with Crippen LogP contribution in [0.2, 0.25) is 0 Å². The molecule has 7 nitrogen and oxygen atoms in total. The van der Waals surface area contributed by atoms with Crippen molar-refractivity contribution >= 4 is 29.6 Å². The minimum Gasteiger partial charge on any atom is -0.387 e. The highest BCUT2D eigenvalue weighted by Gasteiger charge is 2.22. The Hall–Kier alpha value is -2.06. The van der Waals surface area contributed by atoms with Gasteiger partial charge in [-0.25, -0.2) is 0 Å². The van der Waals surface area contributed by atoms with Crippen LogP contribution in [-0.2, 0) is 9.59 Å². The molecule has 2 aliphatic rings. The number of likely N-dealkylation sites (tertiary alicyclic amines) is 1. The van der Waals surface area contributed by atoms with Gasteiger partial charge < -0.3 is 16.0 Å². The lowest BCUT2D eigenvalue weighted by atomic mass is 9.91. The molecular formula is C23H35N5O2S. The van der Waals surface area contributed by atoms with Crippen LogP contribution in [0.15, 0.2) is 34.2 Å². The largest absolute Gasteiger partial charge is 0.387 e. The molecule has 1 fully saturated rings. The molecule has 1 aromatic carbocycles. The second-order valence-corrected chi connectivity index (χ2v) is 9.42. The van der Waals surface area contributed by atoms with Gasteiger partial charge in [-0.2, -0.15) is 0 Å². The normalized spacial score (nSPS) is 19.7. The minimum absolute atomic E-state index is 0.110. The molecule has 4 N–H and O–H groups in total. The molecule has 1 unspecified atom stereocenters. The maximum atomic E-state index is 12.6. The van der Waals surface area contributed by atoms with Crippen LogP contribution in [0.5, 0.6) is 0 Å². The number of amidine groups is 1. The predicted molar refractivity (Wildman–Crippen MR) is 126 cm³/mol. The third-order valence-corrected chi connectivity index (χ3v) is 7.05.